The zero-order valence-corrected chi connectivity index (χ0v) is 12.1. The minimum Gasteiger partial charge on any atom is -0.476 e. The molecule has 0 atom stereocenters. The number of aromatic nitrogens is 1. The lowest BCUT2D eigenvalue weighted by Gasteiger charge is -2.00. The van der Waals surface area contributed by atoms with E-state index in [1.807, 2.05) is 6.07 Å². The molecule has 2 aromatic heterocycles. The van der Waals surface area contributed by atoms with Crippen LogP contribution < -0.4 is 5.32 Å². The molecule has 1 aliphatic carbocycles. The molecule has 0 aromatic carbocycles. The van der Waals surface area contributed by atoms with Gasteiger partial charge >= 0.3 is 5.97 Å². The molecule has 0 aliphatic heterocycles. The van der Waals surface area contributed by atoms with E-state index in [1.54, 1.807) is 11.3 Å². The van der Waals surface area contributed by atoms with Crippen molar-refractivity contribution < 1.29 is 14.7 Å². The molecule has 5 nitrogen and oxygen atoms in total. The molecule has 7 heteroatoms. The maximum absolute atomic E-state index is 12.0. The number of carboxylic acid groups (broad SMARTS) is 1. The SMILES string of the molecule is O=C(O)c1csc(CNC(=O)c2cc3c(s2)CCC3)n1. The van der Waals surface area contributed by atoms with Gasteiger partial charge in [0, 0.05) is 10.3 Å². The Morgan fingerprint density at radius 1 is 1.40 bits per heavy atom. The van der Waals surface area contributed by atoms with Crippen molar-refractivity contribution >= 4 is 34.6 Å². The summed E-state index contributed by atoms with van der Waals surface area (Å²) < 4.78 is 0. The molecule has 2 heterocycles. The van der Waals surface area contributed by atoms with E-state index in [1.165, 1.54) is 33.6 Å². The number of amides is 1. The first-order valence-electron chi connectivity index (χ1n) is 6.21. The molecule has 1 amide bonds. The van der Waals surface area contributed by atoms with E-state index < -0.39 is 5.97 Å². The number of carboxylic acids is 1. The van der Waals surface area contributed by atoms with Gasteiger partial charge < -0.3 is 10.4 Å². The van der Waals surface area contributed by atoms with Gasteiger partial charge in [-0.05, 0) is 30.9 Å². The summed E-state index contributed by atoms with van der Waals surface area (Å²) in [6.07, 6.45) is 3.31. The van der Waals surface area contributed by atoms with Gasteiger partial charge in [-0.2, -0.15) is 0 Å². The maximum atomic E-state index is 12.0. The van der Waals surface area contributed by atoms with Gasteiger partial charge in [0.05, 0.1) is 11.4 Å². The molecular weight excluding hydrogens is 296 g/mol. The van der Waals surface area contributed by atoms with Crippen LogP contribution in [0.1, 0.15) is 42.0 Å². The number of carbonyl (C=O) groups excluding carboxylic acids is 1. The second-order valence-corrected chi connectivity index (χ2v) is 6.61. The van der Waals surface area contributed by atoms with Crippen LogP contribution in [-0.2, 0) is 19.4 Å². The monoisotopic (exact) mass is 308 g/mol. The molecule has 0 spiro atoms. The minimum absolute atomic E-state index is 0.0225. The van der Waals surface area contributed by atoms with Crippen LogP contribution in [0.15, 0.2) is 11.4 Å². The van der Waals surface area contributed by atoms with E-state index in [9.17, 15) is 9.59 Å². The summed E-state index contributed by atoms with van der Waals surface area (Å²) in [6.45, 7) is 0.263. The number of rotatable bonds is 4. The highest BCUT2D eigenvalue weighted by Crippen LogP contribution is 2.30. The molecular formula is C13H12N2O3S2. The number of fused-ring (bicyclic) bond motifs is 1. The van der Waals surface area contributed by atoms with E-state index in [0.717, 1.165) is 17.7 Å². The van der Waals surface area contributed by atoms with Crippen molar-refractivity contribution in [3.8, 4) is 0 Å². The Morgan fingerprint density at radius 2 is 2.25 bits per heavy atom. The Balaban J connectivity index is 1.62. The van der Waals surface area contributed by atoms with E-state index in [0.29, 0.717) is 5.01 Å². The first-order chi connectivity index (χ1) is 9.63. The van der Waals surface area contributed by atoms with Gasteiger partial charge in [-0.25, -0.2) is 9.78 Å². The molecule has 0 saturated heterocycles. The number of aryl methyl sites for hydroxylation is 2. The smallest absolute Gasteiger partial charge is 0.355 e. The first kappa shape index (κ1) is 13.3. The van der Waals surface area contributed by atoms with Crippen LogP contribution in [0, 0.1) is 0 Å². The maximum Gasteiger partial charge on any atom is 0.355 e. The van der Waals surface area contributed by atoms with Crippen molar-refractivity contribution in [2.24, 2.45) is 0 Å². The molecule has 0 radical (unpaired) electrons. The Labute approximate surface area is 123 Å². The molecule has 2 aromatic rings. The van der Waals surface area contributed by atoms with Gasteiger partial charge in [0.2, 0.25) is 0 Å². The topological polar surface area (TPSA) is 79.3 Å². The Kier molecular flexibility index (Phi) is 3.54. The van der Waals surface area contributed by atoms with Crippen LogP contribution in [-0.4, -0.2) is 22.0 Å². The summed E-state index contributed by atoms with van der Waals surface area (Å²) in [5.41, 5.74) is 1.32. The highest BCUT2D eigenvalue weighted by atomic mass is 32.1. The van der Waals surface area contributed by atoms with E-state index in [2.05, 4.69) is 10.3 Å². The van der Waals surface area contributed by atoms with E-state index in [4.69, 9.17) is 5.11 Å². The summed E-state index contributed by atoms with van der Waals surface area (Å²) in [4.78, 5) is 28.7. The largest absolute Gasteiger partial charge is 0.476 e. The van der Waals surface area contributed by atoms with Gasteiger partial charge in [-0.15, -0.1) is 22.7 Å². The molecule has 3 rings (SSSR count). The number of hydrogen-bond donors (Lipinski definition) is 2. The van der Waals surface area contributed by atoms with Crippen molar-refractivity contribution in [1.29, 1.82) is 0 Å². The second-order valence-electron chi connectivity index (χ2n) is 4.53. The number of thiazole rings is 1. The summed E-state index contributed by atoms with van der Waals surface area (Å²) in [6, 6.07) is 1.97. The number of nitrogens with one attached hydrogen (secondary N) is 1. The summed E-state index contributed by atoms with van der Waals surface area (Å²) in [7, 11) is 0. The minimum atomic E-state index is -1.05. The number of nitrogens with zero attached hydrogens (tertiary/aromatic N) is 1. The quantitative estimate of drug-likeness (QED) is 0.908. The third-order valence-electron chi connectivity index (χ3n) is 3.14. The average Bonchev–Trinajstić information content (AvgIpc) is 3.10. The highest BCUT2D eigenvalue weighted by molar-refractivity contribution is 7.14. The summed E-state index contributed by atoms with van der Waals surface area (Å²) in [5, 5.41) is 13.6. The van der Waals surface area contributed by atoms with Gasteiger partial charge in [0.1, 0.15) is 5.01 Å². The normalized spacial score (nSPS) is 13.2. The fourth-order valence-corrected chi connectivity index (χ4v) is 4.05. The van der Waals surface area contributed by atoms with Crippen LogP contribution in [0.5, 0.6) is 0 Å². The average molecular weight is 308 g/mol. The van der Waals surface area contributed by atoms with Gasteiger partial charge in [0.25, 0.3) is 5.91 Å². The molecule has 0 fully saturated rings. The zero-order valence-electron chi connectivity index (χ0n) is 10.5. The van der Waals surface area contributed by atoms with Crippen LogP contribution in [0.3, 0.4) is 0 Å². The predicted molar refractivity (Wildman–Crippen MR) is 76.6 cm³/mol. The summed E-state index contributed by atoms with van der Waals surface area (Å²) >= 11 is 2.79. The Bertz CT molecular complexity index is 653. The van der Waals surface area contributed by atoms with Crippen molar-refractivity contribution in [2.75, 3.05) is 0 Å². The standard InChI is InChI=1S/C13H12N2O3S2/c16-12(10-4-7-2-1-3-9(7)20-10)14-5-11-15-8(6-19-11)13(17)18/h4,6H,1-3,5H2,(H,14,16)(H,17,18). The first-order valence-corrected chi connectivity index (χ1v) is 7.90. The molecule has 104 valence electrons. The number of aromatic carboxylic acids is 1. The Morgan fingerprint density at radius 3 is 2.95 bits per heavy atom. The predicted octanol–water partition coefficient (Wildman–Crippen LogP) is 2.32. The molecule has 0 bridgehead atoms. The van der Waals surface area contributed by atoms with Crippen LogP contribution in [0.25, 0.3) is 0 Å². The highest BCUT2D eigenvalue weighted by Gasteiger charge is 2.18. The molecule has 20 heavy (non-hydrogen) atoms. The number of thiophene rings is 1. The van der Waals surface area contributed by atoms with Crippen LogP contribution >= 0.6 is 22.7 Å². The lowest BCUT2D eigenvalue weighted by Crippen LogP contribution is -2.21. The fraction of sp³-hybridized carbons (Fsp3) is 0.308. The van der Waals surface area contributed by atoms with Gasteiger partial charge in [-0.1, -0.05) is 0 Å². The zero-order chi connectivity index (χ0) is 14.1. The summed E-state index contributed by atoms with van der Waals surface area (Å²) in [5.74, 6) is -1.16. The molecule has 0 saturated carbocycles. The van der Waals surface area contributed by atoms with Crippen molar-refractivity contribution in [3.05, 3.63) is 37.5 Å². The van der Waals surface area contributed by atoms with Crippen molar-refractivity contribution in [3.63, 3.8) is 0 Å². The lowest BCUT2D eigenvalue weighted by molar-refractivity contribution is 0.0691. The van der Waals surface area contributed by atoms with Gasteiger partial charge in [0.15, 0.2) is 5.69 Å². The van der Waals surface area contributed by atoms with Crippen molar-refractivity contribution in [1.82, 2.24) is 10.3 Å². The third kappa shape index (κ3) is 2.59. The third-order valence-corrected chi connectivity index (χ3v) is 5.23. The lowest BCUT2D eigenvalue weighted by atomic mass is 10.2. The van der Waals surface area contributed by atoms with Crippen molar-refractivity contribution in [2.45, 2.75) is 25.8 Å². The Hall–Kier alpha value is -1.73. The van der Waals surface area contributed by atoms with E-state index >= 15 is 0 Å². The van der Waals surface area contributed by atoms with E-state index in [-0.39, 0.29) is 18.1 Å². The number of carbonyl (C=O) groups is 2. The molecule has 1 aliphatic rings. The number of hydrogen-bond acceptors (Lipinski definition) is 5. The molecule has 2 N–H and O–H groups in total. The van der Waals surface area contributed by atoms with Gasteiger partial charge in [-0.3, -0.25) is 4.79 Å². The van der Waals surface area contributed by atoms with Crippen LogP contribution in [0.4, 0.5) is 0 Å². The second kappa shape index (κ2) is 5.34. The molecule has 0 unspecified atom stereocenters. The fourth-order valence-electron chi connectivity index (χ4n) is 2.17. The van der Waals surface area contributed by atoms with Crippen LogP contribution in [0.2, 0.25) is 0 Å².